The average Bonchev–Trinajstić information content (AvgIpc) is 3.32. The maximum atomic E-state index is 13.4. The van der Waals surface area contributed by atoms with Gasteiger partial charge in [-0.25, -0.2) is 9.67 Å². The molecule has 36 heavy (non-hydrogen) atoms. The van der Waals surface area contributed by atoms with E-state index in [0.29, 0.717) is 48.2 Å². The molecule has 1 amide bonds. The van der Waals surface area contributed by atoms with Crippen LogP contribution in [-0.2, 0) is 6.54 Å². The van der Waals surface area contributed by atoms with Gasteiger partial charge in [0.2, 0.25) is 0 Å². The summed E-state index contributed by atoms with van der Waals surface area (Å²) in [6, 6.07) is 13.3. The molecule has 2 aromatic heterocycles. The third kappa shape index (κ3) is 4.53. The average molecular weight is 489 g/mol. The Morgan fingerprint density at radius 2 is 1.94 bits per heavy atom. The molecule has 10 heteroatoms. The highest BCUT2D eigenvalue weighted by atomic mass is 16.5. The predicted octanol–water partition coefficient (Wildman–Crippen LogP) is 2.91. The number of fused-ring (bicyclic) bond motifs is 1. The molecule has 1 atom stereocenters. The molecule has 0 bridgehead atoms. The number of methoxy groups -OCH3 is 2. The van der Waals surface area contributed by atoms with E-state index in [2.05, 4.69) is 15.3 Å². The highest BCUT2D eigenvalue weighted by molar-refractivity contribution is 5.97. The zero-order valence-electron chi connectivity index (χ0n) is 20.5. The summed E-state index contributed by atoms with van der Waals surface area (Å²) in [7, 11) is 3.10. The van der Waals surface area contributed by atoms with Crippen LogP contribution in [0.2, 0.25) is 0 Å². The van der Waals surface area contributed by atoms with Crippen molar-refractivity contribution in [1.29, 1.82) is 0 Å². The predicted molar refractivity (Wildman–Crippen MR) is 134 cm³/mol. The number of nitrogens with one attached hydrogen (secondary N) is 1. The third-order valence-electron chi connectivity index (χ3n) is 6.58. The molecule has 0 unspecified atom stereocenters. The number of piperidine rings is 1. The van der Waals surface area contributed by atoms with Crippen molar-refractivity contribution in [2.24, 2.45) is 0 Å². The molecule has 1 N–H and O–H groups in total. The van der Waals surface area contributed by atoms with Crippen molar-refractivity contribution in [3.8, 4) is 11.5 Å². The van der Waals surface area contributed by atoms with Crippen molar-refractivity contribution < 1.29 is 14.3 Å². The maximum absolute atomic E-state index is 13.4. The Morgan fingerprint density at radius 1 is 1.14 bits per heavy atom. The summed E-state index contributed by atoms with van der Waals surface area (Å²) in [5.41, 5.74) is 3.00. The summed E-state index contributed by atoms with van der Waals surface area (Å²) in [6.45, 7) is 3.54. The molecule has 186 valence electrons. The van der Waals surface area contributed by atoms with Crippen molar-refractivity contribution >= 4 is 17.1 Å². The van der Waals surface area contributed by atoms with Crippen molar-refractivity contribution in [3.63, 3.8) is 0 Å². The number of carbonyl (C=O) groups is 1. The molecule has 0 aliphatic carbocycles. The number of hydrogen-bond donors (Lipinski definition) is 1. The molecule has 10 nitrogen and oxygen atoms in total. The molecule has 0 spiro atoms. The minimum Gasteiger partial charge on any atom is -0.497 e. The Kier molecular flexibility index (Phi) is 6.41. The monoisotopic (exact) mass is 488 g/mol. The van der Waals surface area contributed by atoms with E-state index < -0.39 is 0 Å². The van der Waals surface area contributed by atoms with Crippen molar-refractivity contribution in [2.45, 2.75) is 32.2 Å². The van der Waals surface area contributed by atoms with Crippen LogP contribution >= 0.6 is 0 Å². The SMILES string of the molecule is COc1ccc(C(=O)N2CCC[C@H](c3nc4c(nnn4Cc4ccc(C)cc4)c(=O)[nH]3)C2)c(OC)c1. The fourth-order valence-corrected chi connectivity index (χ4v) is 4.58. The summed E-state index contributed by atoms with van der Waals surface area (Å²) in [5.74, 6) is 1.37. The zero-order valence-corrected chi connectivity index (χ0v) is 20.5. The second-order valence-electron chi connectivity index (χ2n) is 9.01. The minimum atomic E-state index is -0.328. The summed E-state index contributed by atoms with van der Waals surface area (Å²) in [5, 5.41) is 8.22. The number of aryl methyl sites for hydroxylation is 1. The lowest BCUT2D eigenvalue weighted by Crippen LogP contribution is -2.40. The van der Waals surface area contributed by atoms with E-state index in [1.807, 2.05) is 31.2 Å². The molecular formula is C26H28N6O4. The van der Waals surface area contributed by atoms with Gasteiger partial charge in [-0.15, -0.1) is 5.10 Å². The van der Waals surface area contributed by atoms with Crippen LogP contribution < -0.4 is 15.0 Å². The molecule has 0 radical (unpaired) electrons. The van der Waals surface area contributed by atoms with Gasteiger partial charge in [-0.2, -0.15) is 0 Å². The number of ether oxygens (including phenoxy) is 2. The summed E-state index contributed by atoms with van der Waals surface area (Å²) in [6.07, 6.45) is 1.59. The van der Waals surface area contributed by atoms with Gasteiger partial charge in [0.25, 0.3) is 11.5 Å². The zero-order chi connectivity index (χ0) is 25.2. The Balaban J connectivity index is 1.41. The fraction of sp³-hybridized carbons (Fsp3) is 0.346. The van der Waals surface area contributed by atoms with E-state index in [9.17, 15) is 9.59 Å². The standard InChI is InChI=1S/C26H28N6O4/c1-16-6-8-17(9-7-16)14-32-24-22(29-30-32)25(33)28-23(27-24)18-5-4-12-31(15-18)26(34)20-11-10-19(35-2)13-21(20)36-3/h6-11,13,18H,4-5,12,14-15H2,1-3H3,(H,27,28,33)/t18-/m0/s1. The van der Waals surface area contributed by atoms with Gasteiger partial charge in [0.15, 0.2) is 11.2 Å². The number of aromatic nitrogens is 5. The van der Waals surface area contributed by atoms with E-state index in [-0.39, 0.29) is 22.9 Å². The van der Waals surface area contributed by atoms with Crippen LogP contribution in [-0.4, -0.2) is 63.1 Å². The first-order chi connectivity index (χ1) is 17.5. The highest BCUT2D eigenvalue weighted by Crippen LogP contribution is 2.30. The number of rotatable bonds is 6. The normalized spacial score (nSPS) is 15.8. The first kappa shape index (κ1) is 23.5. The first-order valence-corrected chi connectivity index (χ1v) is 11.9. The number of hydrogen-bond acceptors (Lipinski definition) is 7. The Morgan fingerprint density at radius 3 is 2.69 bits per heavy atom. The van der Waals surface area contributed by atoms with Crippen LogP contribution in [0.5, 0.6) is 11.5 Å². The summed E-state index contributed by atoms with van der Waals surface area (Å²) >= 11 is 0. The number of benzene rings is 2. The van der Waals surface area contributed by atoms with E-state index in [1.54, 1.807) is 34.9 Å². The number of aromatic amines is 1. The van der Waals surface area contributed by atoms with Crippen LogP contribution in [0.25, 0.3) is 11.2 Å². The molecule has 1 fully saturated rings. The van der Waals surface area contributed by atoms with Gasteiger partial charge in [0.1, 0.15) is 17.3 Å². The van der Waals surface area contributed by atoms with E-state index in [0.717, 1.165) is 18.4 Å². The quantitative estimate of drug-likeness (QED) is 0.444. The van der Waals surface area contributed by atoms with Crippen molar-refractivity contribution in [3.05, 3.63) is 75.3 Å². The molecule has 1 saturated heterocycles. The smallest absolute Gasteiger partial charge is 0.281 e. The van der Waals surface area contributed by atoms with E-state index in [4.69, 9.17) is 14.5 Å². The van der Waals surface area contributed by atoms with Crippen LogP contribution in [0.1, 0.15) is 46.1 Å². The first-order valence-electron chi connectivity index (χ1n) is 11.9. The minimum absolute atomic E-state index is 0.119. The second-order valence-corrected chi connectivity index (χ2v) is 9.01. The van der Waals surface area contributed by atoms with Crippen LogP contribution in [0, 0.1) is 6.92 Å². The molecule has 4 aromatic rings. The van der Waals surface area contributed by atoms with Gasteiger partial charge < -0.3 is 19.4 Å². The lowest BCUT2D eigenvalue weighted by molar-refractivity contribution is 0.0701. The largest absolute Gasteiger partial charge is 0.497 e. The van der Waals surface area contributed by atoms with E-state index in [1.165, 1.54) is 12.7 Å². The number of amides is 1. The molecule has 1 aliphatic rings. The molecular weight excluding hydrogens is 460 g/mol. The number of likely N-dealkylation sites (tertiary alicyclic amines) is 1. The summed E-state index contributed by atoms with van der Waals surface area (Å²) in [4.78, 5) is 35.6. The van der Waals surface area contributed by atoms with Gasteiger partial charge >= 0.3 is 0 Å². The van der Waals surface area contributed by atoms with Gasteiger partial charge in [0, 0.05) is 25.1 Å². The van der Waals surface area contributed by atoms with Crippen LogP contribution in [0.15, 0.2) is 47.3 Å². The molecule has 3 heterocycles. The van der Waals surface area contributed by atoms with Gasteiger partial charge in [-0.3, -0.25) is 9.59 Å². The molecule has 0 saturated carbocycles. The number of H-pyrrole nitrogens is 1. The lowest BCUT2D eigenvalue weighted by atomic mass is 9.96. The van der Waals surface area contributed by atoms with E-state index >= 15 is 0 Å². The Hall–Kier alpha value is -4.21. The van der Waals surface area contributed by atoms with Crippen molar-refractivity contribution in [1.82, 2.24) is 29.9 Å². The number of nitrogens with zero attached hydrogens (tertiary/aromatic N) is 5. The van der Waals surface area contributed by atoms with Crippen LogP contribution in [0.3, 0.4) is 0 Å². The molecule has 2 aromatic carbocycles. The Labute approximate surface area is 207 Å². The second kappa shape index (κ2) is 9.80. The maximum Gasteiger partial charge on any atom is 0.281 e. The Bertz CT molecular complexity index is 1460. The molecule has 1 aliphatic heterocycles. The highest BCUT2D eigenvalue weighted by Gasteiger charge is 2.29. The number of carbonyl (C=O) groups excluding carboxylic acids is 1. The summed E-state index contributed by atoms with van der Waals surface area (Å²) < 4.78 is 12.3. The lowest BCUT2D eigenvalue weighted by Gasteiger charge is -2.32. The molecule has 5 rings (SSSR count). The van der Waals surface area contributed by atoms with Gasteiger partial charge in [-0.05, 0) is 37.5 Å². The van der Waals surface area contributed by atoms with Gasteiger partial charge in [-0.1, -0.05) is 35.0 Å². The van der Waals surface area contributed by atoms with Gasteiger partial charge in [0.05, 0.1) is 26.3 Å². The fourth-order valence-electron chi connectivity index (χ4n) is 4.58. The van der Waals surface area contributed by atoms with Crippen LogP contribution in [0.4, 0.5) is 0 Å². The third-order valence-corrected chi connectivity index (χ3v) is 6.58. The topological polar surface area (TPSA) is 115 Å². The van der Waals surface area contributed by atoms with Crippen molar-refractivity contribution in [2.75, 3.05) is 27.3 Å².